The van der Waals surface area contributed by atoms with Crippen molar-refractivity contribution in [1.82, 2.24) is 26.6 Å². The predicted octanol–water partition coefficient (Wildman–Crippen LogP) is 4.38. The molecule has 5 atom stereocenters. The number of nitrogens with one attached hydrogen (secondary N) is 5. The van der Waals surface area contributed by atoms with Crippen molar-refractivity contribution >= 4 is 41.4 Å². The number of aliphatic hydroxyl groups excluding tert-OH is 1. The number of carboxylic acids is 1. The van der Waals surface area contributed by atoms with Crippen LogP contribution in [0.4, 0.5) is 0 Å². The number of primary amides is 1. The molecular formula is C47H72N6O9. The zero-order valence-electron chi connectivity index (χ0n) is 37.0. The maximum absolute atomic E-state index is 13.2. The molecule has 0 unspecified atom stereocenters. The van der Waals surface area contributed by atoms with Crippen LogP contribution in [-0.4, -0.2) is 88.4 Å². The highest BCUT2D eigenvalue weighted by molar-refractivity contribution is 5.94. The third-order valence-electron chi connectivity index (χ3n) is 10.5. The Balaban J connectivity index is 1.57. The van der Waals surface area contributed by atoms with E-state index in [1.807, 2.05) is 44.2 Å². The van der Waals surface area contributed by atoms with Crippen LogP contribution in [0.5, 0.6) is 0 Å². The van der Waals surface area contributed by atoms with Crippen LogP contribution >= 0.6 is 0 Å². The zero-order chi connectivity index (χ0) is 45.7. The first-order valence-electron chi connectivity index (χ1n) is 22.4. The molecule has 2 aromatic carbocycles. The highest BCUT2D eigenvalue weighted by atomic mass is 16.4. The molecule has 0 aromatic heterocycles. The van der Waals surface area contributed by atoms with Crippen molar-refractivity contribution in [1.29, 1.82) is 0 Å². The number of aliphatic hydroxyl groups is 1. The van der Waals surface area contributed by atoms with Gasteiger partial charge in [-0.15, -0.1) is 0 Å². The minimum atomic E-state index is -1.27. The first-order valence-corrected chi connectivity index (χ1v) is 22.4. The largest absolute Gasteiger partial charge is 0.480 e. The fraction of sp³-hybridized carbons (Fsp3) is 0.596. The van der Waals surface area contributed by atoms with E-state index in [-0.39, 0.29) is 37.0 Å². The number of benzene rings is 2. The van der Waals surface area contributed by atoms with Crippen LogP contribution in [0.2, 0.25) is 0 Å². The van der Waals surface area contributed by atoms with Crippen molar-refractivity contribution in [2.45, 2.75) is 167 Å². The molecule has 0 aliphatic rings. The van der Waals surface area contributed by atoms with E-state index < -0.39 is 66.3 Å². The van der Waals surface area contributed by atoms with Crippen LogP contribution < -0.4 is 32.3 Å². The molecule has 0 heterocycles. The van der Waals surface area contributed by atoms with E-state index in [4.69, 9.17) is 5.73 Å². The molecule has 2 rings (SSSR count). The van der Waals surface area contributed by atoms with E-state index in [1.54, 1.807) is 30.3 Å². The van der Waals surface area contributed by atoms with E-state index in [0.717, 1.165) is 69.8 Å². The Morgan fingerprint density at radius 2 is 1.03 bits per heavy atom. The van der Waals surface area contributed by atoms with Gasteiger partial charge in [0.2, 0.25) is 35.4 Å². The van der Waals surface area contributed by atoms with Crippen molar-refractivity contribution in [2.75, 3.05) is 6.54 Å². The molecule has 0 radical (unpaired) electrons. The van der Waals surface area contributed by atoms with Crippen LogP contribution in [-0.2, 0) is 46.4 Å². The molecule has 0 bridgehead atoms. The van der Waals surface area contributed by atoms with Gasteiger partial charge in [-0.2, -0.15) is 0 Å². The van der Waals surface area contributed by atoms with Crippen molar-refractivity contribution < 1.29 is 43.8 Å². The molecule has 6 amide bonds. The number of hydrogen-bond acceptors (Lipinski definition) is 8. The Hall–Kier alpha value is -5.31. The SMILES string of the molecule is CC(C)C[C@H](NC(=O)[C@@H](NC(=O)CCCCCCCCCCCCCCC(=O)N[C@@H](CC(N)=O)C(=O)N[C@@H](Cc1ccccc1)C(=O)O)[C@H](C)O)C(=O)NCCc1ccccc1. The van der Waals surface area contributed by atoms with Crippen molar-refractivity contribution in [3.63, 3.8) is 0 Å². The summed E-state index contributed by atoms with van der Waals surface area (Å²) < 4.78 is 0. The lowest BCUT2D eigenvalue weighted by atomic mass is 10.0. The maximum Gasteiger partial charge on any atom is 0.326 e. The predicted molar refractivity (Wildman–Crippen MR) is 238 cm³/mol. The van der Waals surface area contributed by atoms with E-state index >= 15 is 0 Å². The van der Waals surface area contributed by atoms with Gasteiger partial charge in [-0.25, -0.2) is 4.79 Å². The summed E-state index contributed by atoms with van der Waals surface area (Å²) in [6, 6.07) is 14.1. The lowest BCUT2D eigenvalue weighted by molar-refractivity contribution is -0.142. The fourth-order valence-corrected chi connectivity index (χ4v) is 7.05. The summed E-state index contributed by atoms with van der Waals surface area (Å²) in [7, 11) is 0. The van der Waals surface area contributed by atoms with Gasteiger partial charge in [-0.1, -0.05) is 139 Å². The van der Waals surface area contributed by atoms with Crippen LogP contribution in [0.25, 0.3) is 0 Å². The number of nitrogens with two attached hydrogens (primary N) is 1. The molecular weight excluding hydrogens is 793 g/mol. The van der Waals surface area contributed by atoms with Crippen LogP contribution in [0, 0.1) is 5.92 Å². The third-order valence-corrected chi connectivity index (χ3v) is 10.5. The van der Waals surface area contributed by atoms with E-state index in [2.05, 4.69) is 26.6 Å². The highest BCUT2D eigenvalue weighted by Gasteiger charge is 2.31. The molecule has 0 aliphatic carbocycles. The number of rotatable bonds is 33. The number of aliphatic carboxylic acids is 1. The Kier molecular flexibility index (Phi) is 26.1. The maximum atomic E-state index is 13.2. The van der Waals surface area contributed by atoms with E-state index in [1.165, 1.54) is 6.92 Å². The normalized spacial score (nSPS) is 13.5. The first kappa shape index (κ1) is 52.8. The van der Waals surface area contributed by atoms with Crippen molar-refractivity contribution in [3.8, 4) is 0 Å². The first-order chi connectivity index (χ1) is 29.7. The Bertz CT molecular complexity index is 1660. The molecule has 62 heavy (non-hydrogen) atoms. The summed E-state index contributed by atoms with van der Waals surface area (Å²) in [5.41, 5.74) is 7.11. The second-order valence-electron chi connectivity index (χ2n) is 16.6. The zero-order valence-corrected chi connectivity index (χ0v) is 37.0. The monoisotopic (exact) mass is 865 g/mol. The lowest BCUT2D eigenvalue weighted by Crippen LogP contribution is -2.57. The lowest BCUT2D eigenvalue weighted by Gasteiger charge is -2.25. The van der Waals surface area contributed by atoms with Gasteiger partial charge in [-0.05, 0) is 49.7 Å². The summed E-state index contributed by atoms with van der Waals surface area (Å²) >= 11 is 0. The standard InChI is InChI=1S/C47H72N6O9/c1-33(2)30-37(44(58)49-29-28-35-22-16-14-17-23-35)51-46(60)43(34(3)54)53-42(57)27-21-13-11-9-7-5-4-6-8-10-12-20-26-41(56)50-38(32-40(48)55)45(59)52-39(47(61)62)31-36-24-18-15-19-25-36/h14-19,22-25,33-34,37-39,43,54H,4-13,20-21,26-32H2,1-3H3,(H2,48,55)(H,49,58)(H,50,56)(H,51,60)(H,52,59)(H,53,57)(H,61,62)/t34-,37-,38-,39-,43-/m0/s1. The van der Waals surface area contributed by atoms with E-state index in [0.29, 0.717) is 37.8 Å². The molecule has 0 saturated heterocycles. The summed E-state index contributed by atoms with van der Waals surface area (Å²) in [6.07, 6.45) is 11.3. The number of carboxylic acid groups (broad SMARTS) is 1. The van der Waals surface area contributed by atoms with Gasteiger partial charge in [0.15, 0.2) is 0 Å². The Morgan fingerprint density at radius 3 is 1.50 bits per heavy atom. The van der Waals surface area contributed by atoms with Gasteiger partial charge in [0.25, 0.3) is 0 Å². The molecule has 0 aliphatic heterocycles. The molecule has 2 aromatic rings. The summed E-state index contributed by atoms with van der Waals surface area (Å²) in [6.45, 7) is 5.78. The minimum absolute atomic E-state index is 0.0422. The molecule has 0 spiro atoms. The number of unbranched alkanes of at least 4 members (excludes halogenated alkanes) is 11. The number of hydrogen-bond donors (Lipinski definition) is 8. The Labute approximate surface area is 367 Å². The molecule has 9 N–H and O–H groups in total. The average Bonchev–Trinajstić information content (AvgIpc) is 3.22. The van der Waals surface area contributed by atoms with Gasteiger partial charge in [0.05, 0.1) is 12.5 Å². The Morgan fingerprint density at radius 1 is 0.565 bits per heavy atom. The summed E-state index contributed by atoms with van der Waals surface area (Å²) in [4.78, 5) is 87.7. The van der Waals surface area contributed by atoms with Crippen molar-refractivity contribution in [3.05, 3.63) is 71.8 Å². The topological polar surface area (TPSA) is 246 Å². The second kappa shape index (κ2) is 30.7. The highest BCUT2D eigenvalue weighted by Crippen LogP contribution is 2.14. The smallest absolute Gasteiger partial charge is 0.326 e. The van der Waals surface area contributed by atoms with Gasteiger partial charge in [0.1, 0.15) is 24.2 Å². The summed E-state index contributed by atoms with van der Waals surface area (Å²) in [5, 5.41) is 33.2. The molecule has 0 saturated carbocycles. The van der Waals surface area contributed by atoms with Crippen LogP contribution in [0.3, 0.4) is 0 Å². The number of amides is 6. The molecule has 0 fully saturated rings. The average molecular weight is 865 g/mol. The third kappa shape index (κ3) is 23.6. The van der Waals surface area contributed by atoms with Crippen molar-refractivity contribution in [2.24, 2.45) is 11.7 Å². The quantitative estimate of drug-likeness (QED) is 0.0474. The molecule has 344 valence electrons. The number of carbonyl (C=O) groups is 7. The van der Waals surface area contributed by atoms with E-state index in [9.17, 15) is 43.8 Å². The molecule has 15 nitrogen and oxygen atoms in total. The van der Waals surface area contributed by atoms with Gasteiger partial charge in [-0.3, -0.25) is 28.8 Å². The van der Waals surface area contributed by atoms with Gasteiger partial charge >= 0.3 is 5.97 Å². The van der Waals surface area contributed by atoms with Crippen LogP contribution in [0.1, 0.15) is 135 Å². The van der Waals surface area contributed by atoms with Gasteiger partial charge in [0, 0.05) is 25.8 Å². The fourth-order valence-electron chi connectivity index (χ4n) is 7.05. The second-order valence-corrected chi connectivity index (χ2v) is 16.6. The summed E-state index contributed by atoms with van der Waals surface area (Å²) in [5.74, 6) is -4.30. The van der Waals surface area contributed by atoms with Gasteiger partial charge < -0.3 is 42.5 Å². The minimum Gasteiger partial charge on any atom is -0.480 e. The molecule has 15 heteroatoms. The number of carbonyl (C=O) groups excluding carboxylic acids is 6. The van der Waals surface area contributed by atoms with Crippen LogP contribution in [0.15, 0.2) is 60.7 Å².